The Labute approximate surface area is 147 Å². The van der Waals surface area contributed by atoms with Gasteiger partial charge < -0.3 is 10.6 Å². The Hall–Kier alpha value is -2.16. The lowest BCUT2D eigenvalue weighted by molar-refractivity contribution is -0.384. The fraction of sp³-hybridized carbons (Fsp3) is 0.286. The fourth-order valence-corrected chi connectivity index (χ4v) is 2.63. The number of non-ortho nitro benzene ring substituents is 1. The summed E-state index contributed by atoms with van der Waals surface area (Å²) in [5.41, 5.74) is 5.77. The molecule has 2 aromatic rings. The zero-order valence-corrected chi connectivity index (χ0v) is 14.5. The molecule has 0 spiro atoms. The second kappa shape index (κ2) is 7.16. The summed E-state index contributed by atoms with van der Waals surface area (Å²) in [6, 6.07) is 3.72. The van der Waals surface area contributed by atoms with Crippen molar-refractivity contribution in [3.8, 4) is 5.69 Å². The fourth-order valence-electron chi connectivity index (χ4n) is 1.98. The van der Waals surface area contributed by atoms with Gasteiger partial charge in [0.1, 0.15) is 5.69 Å². The van der Waals surface area contributed by atoms with Crippen molar-refractivity contribution in [2.45, 2.75) is 13.0 Å². The van der Waals surface area contributed by atoms with Crippen molar-refractivity contribution in [3.05, 3.63) is 50.2 Å². The number of likely N-dealkylation sites (N-methyl/N-ethyl adjacent to an activating group) is 1. The number of carbonyl (C=O) groups is 1. The van der Waals surface area contributed by atoms with E-state index in [1.54, 1.807) is 7.05 Å². The molecule has 8 nitrogen and oxygen atoms in total. The minimum absolute atomic E-state index is 0.0555. The van der Waals surface area contributed by atoms with E-state index in [0.717, 1.165) is 0 Å². The Balaban J connectivity index is 2.38. The van der Waals surface area contributed by atoms with Crippen molar-refractivity contribution in [3.63, 3.8) is 0 Å². The maximum absolute atomic E-state index is 12.3. The molecule has 2 rings (SSSR count). The third kappa shape index (κ3) is 3.50. The molecule has 0 aliphatic rings. The van der Waals surface area contributed by atoms with Crippen LogP contribution >= 0.6 is 23.2 Å². The van der Waals surface area contributed by atoms with E-state index in [-0.39, 0.29) is 39.1 Å². The second-order valence-corrected chi connectivity index (χ2v) is 5.98. The molecule has 2 N–H and O–H groups in total. The van der Waals surface area contributed by atoms with Gasteiger partial charge in [0.05, 0.1) is 15.0 Å². The second-order valence-electron chi connectivity index (χ2n) is 5.16. The molecular formula is C14H15Cl2N5O3. The van der Waals surface area contributed by atoms with Gasteiger partial charge in [-0.1, -0.05) is 23.2 Å². The number of benzene rings is 1. The summed E-state index contributed by atoms with van der Waals surface area (Å²) >= 11 is 12.2. The van der Waals surface area contributed by atoms with Gasteiger partial charge in [-0.3, -0.25) is 14.9 Å². The number of amides is 1. The first-order chi connectivity index (χ1) is 11.3. The Morgan fingerprint density at radius 2 is 2.04 bits per heavy atom. The number of nitro benzene ring substituents is 1. The van der Waals surface area contributed by atoms with Crippen molar-refractivity contribution in [2.75, 3.05) is 13.6 Å². The van der Waals surface area contributed by atoms with Gasteiger partial charge in [-0.15, -0.1) is 0 Å². The van der Waals surface area contributed by atoms with Gasteiger partial charge in [0.15, 0.2) is 5.69 Å². The molecule has 1 aromatic carbocycles. The highest BCUT2D eigenvalue weighted by atomic mass is 35.5. The summed E-state index contributed by atoms with van der Waals surface area (Å²) in [4.78, 5) is 24.0. The van der Waals surface area contributed by atoms with Crippen LogP contribution in [-0.4, -0.2) is 45.1 Å². The Morgan fingerprint density at radius 1 is 1.46 bits per heavy atom. The molecule has 10 heteroatoms. The van der Waals surface area contributed by atoms with Crippen molar-refractivity contribution in [1.29, 1.82) is 0 Å². The largest absolute Gasteiger partial charge is 0.336 e. The number of nitrogens with two attached hydrogens (primary N) is 1. The summed E-state index contributed by atoms with van der Waals surface area (Å²) in [6.45, 7) is 2.14. The Kier molecular flexibility index (Phi) is 5.43. The number of nitrogens with zero attached hydrogens (tertiary/aromatic N) is 4. The van der Waals surface area contributed by atoms with Crippen LogP contribution < -0.4 is 5.73 Å². The lowest BCUT2D eigenvalue weighted by atomic mass is 10.2. The Bertz CT molecular complexity index is 769. The van der Waals surface area contributed by atoms with Crippen LogP contribution in [0.1, 0.15) is 17.4 Å². The zero-order chi connectivity index (χ0) is 18.0. The molecule has 24 heavy (non-hydrogen) atoms. The van der Waals surface area contributed by atoms with E-state index < -0.39 is 4.92 Å². The van der Waals surface area contributed by atoms with Gasteiger partial charge in [-0.25, -0.2) is 4.68 Å². The molecule has 0 aliphatic heterocycles. The maximum Gasteiger partial charge on any atom is 0.274 e. The number of hydrogen-bond acceptors (Lipinski definition) is 5. The molecule has 0 fully saturated rings. The highest BCUT2D eigenvalue weighted by Crippen LogP contribution is 2.32. The van der Waals surface area contributed by atoms with E-state index in [4.69, 9.17) is 28.9 Å². The van der Waals surface area contributed by atoms with Gasteiger partial charge >= 0.3 is 0 Å². The quantitative estimate of drug-likeness (QED) is 0.641. The molecule has 1 amide bonds. The van der Waals surface area contributed by atoms with E-state index in [0.29, 0.717) is 6.54 Å². The molecule has 1 heterocycles. The van der Waals surface area contributed by atoms with Crippen LogP contribution in [0.4, 0.5) is 5.69 Å². The van der Waals surface area contributed by atoms with Gasteiger partial charge in [-0.2, -0.15) is 5.10 Å². The summed E-state index contributed by atoms with van der Waals surface area (Å²) in [6.07, 6.45) is 1.51. The van der Waals surface area contributed by atoms with E-state index >= 15 is 0 Å². The van der Waals surface area contributed by atoms with Crippen molar-refractivity contribution >= 4 is 34.8 Å². The summed E-state index contributed by atoms with van der Waals surface area (Å²) in [5, 5.41) is 15.1. The average Bonchev–Trinajstić information content (AvgIpc) is 3.01. The first-order valence-electron chi connectivity index (χ1n) is 6.93. The SMILES string of the molecule is CC(CN)N(C)C(=O)c1ccn(-c2c(Cl)cc([N+](=O)[O-])cc2Cl)n1. The molecule has 128 valence electrons. The average molecular weight is 372 g/mol. The lowest BCUT2D eigenvalue weighted by Gasteiger charge is -2.22. The first kappa shape index (κ1) is 18.2. The number of hydrogen-bond donors (Lipinski definition) is 1. The van der Waals surface area contributed by atoms with Gasteiger partial charge in [-0.05, 0) is 13.0 Å². The van der Waals surface area contributed by atoms with E-state index in [1.165, 1.54) is 34.0 Å². The topological polar surface area (TPSA) is 107 Å². The summed E-state index contributed by atoms with van der Waals surface area (Å²) in [5.74, 6) is -0.305. The number of nitro groups is 1. The monoisotopic (exact) mass is 371 g/mol. The van der Waals surface area contributed by atoms with Crippen molar-refractivity contribution in [2.24, 2.45) is 5.73 Å². The van der Waals surface area contributed by atoms with Crippen LogP contribution in [0.3, 0.4) is 0 Å². The zero-order valence-electron chi connectivity index (χ0n) is 12.9. The number of carbonyl (C=O) groups excluding carboxylic acids is 1. The third-order valence-electron chi connectivity index (χ3n) is 3.57. The number of halogens is 2. The van der Waals surface area contributed by atoms with Crippen LogP contribution in [0.25, 0.3) is 5.69 Å². The molecule has 1 unspecified atom stereocenters. The first-order valence-corrected chi connectivity index (χ1v) is 7.68. The molecule has 1 aromatic heterocycles. The smallest absolute Gasteiger partial charge is 0.274 e. The predicted molar refractivity (Wildman–Crippen MR) is 90.8 cm³/mol. The molecule has 1 atom stereocenters. The normalized spacial score (nSPS) is 12.0. The van der Waals surface area contributed by atoms with Crippen LogP contribution in [0.2, 0.25) is 10.0 Å². The molecule has 0 bridgehead atoms. The van der Waals surface area contributed by atoms with Crippen LogP contribution in [0.5, 0.6) is 0 Å². The van der Waals surface area contributed by atoms with E-state index in [2.05, 4.69) is 5.10 Å². The molecule has 0 aliphatic carbocycles. The van der Waals surface area contributed by atoms with Crippen molar-refractivity contribution < 1.29 is 9.72 Å². The Morgan fingerprint density at radius 3 is 2.54 bits per heavy atom. The van der Waals surface area contributed by atoms with Gasteiger partial charge in [0.2, 0.25) is 0 Å². The lowest BCUT2D eigenvalue weighted by Crippen LogP contribution is -2.39. The number of rotatable bonds is 5. The standard InChI is InChI=1S/C14H15Cl2N5O3/c1-8(7-17)19(2)14(22)12-3-4-20(18-12)13-10(15)5-9(21(23)24)6-11(13)16/h3-6,8H,7,17H2,1-2H3. The van der Waals surface area contributed by atoms with Gasteiger partial charge in [0.25, 0.3) is 11.6 Å². The minimum atomic E-state index is -0.594. The predicted octanol–water partition coefficient (Wildman–Crippen LogP) is 2.51. The van der Waals surface area contributed by atoms with E-state index in [9.17, 15) is 14.9 Å². The van der Waals surface area contributed by atoms with E-state index in [1.807, 2.05) is 6.92 Å². The molecular weight excluding hydrogens is 357 g/mol. The summed E-state index contributed by atoms with van der Waals surface area (Å²) in [7, 11) is 1.63. The van der Waals surface area contributed by atoms with Crippen LogP contribution in [0, 0.1) is 10.1 Å². The summed E-state index contributed by atoms with van der Waals surface area (Å²) < 4.78 is 1.31. The van der Waals surface area contributed by atoms with Crippen molar-refractivity contribution in [1.82, 2.24) is 14.7 Å². The minimum Gasteiger partial charge on any atom is -0.336 e. The van der Waals surface area contributed by atoms with Crippen LogP contribution in [0.15, 0.2) is 24.4 Å². The highest BCUT2D eigenvalue weighted by Gasteiger charge is 2.21. The highest BCUT2D eigenvalue weighted by molar-refractivity contribution is 6.38. The van der Waals surface area contributed by atoms with Gasteiger partial charge in [0, 0.05) is 38.0 Å². The third-order valence-corrected chi connectivity index (χ3v) is 4.15. The molecule has 0 saturated heterocycles. The van der Waals surface area contributed by atoms with Crippen LogP contribution in [-0.2, 0) is 0 Å². The molecule has 0 saturated carbocycles. The molecule has 0 radical (unpaired) electrons. The maximum atomic E-state index is 12.3. The number of aromatic nitrogens is 2.